The first kappa shape index (κ1) is 18.5. The second-order valence-electron chi connectivity index (χ2n) is 7.67. The summed E-state index contributed by atoms with van der Waals surface area (Å²) in [4.78, 5) is 28.5. The number of benzene rings is 2. The molecule has 2 saturated heterocycles. The molecule has 2 aliphatic rings. The zero-order chi connectivity index (χ0) is 19.7. The molecule has 0 aromatic heterocycles. The van der Waals surface area contributed by atoms with Crippen molar-refractivity contribution in [2.75, 3.05) is 33.3 Å². The third kappa shape index (κ3) is 3.47. The molecule has 2 fully saturated rings. The van der Waals surface area contributed by atoms with Crippen molar-refractivity contribution in [3.05, 3.63) is 65.7 Å². The van der Waals surface area contributed by atoms with Gasteiger partial charge in [0.15, 0.2) is 6.61 Å². The number of likely N-dealkylation sites (tertiary alicyclic amines) is 2. The van der Waals surface area contributed by atoms with Crippen LogP contribution in [-0.2, 0) is 4.79 Å². The SMILES string of the molecule is CN1C[C@H]2CN(C(=O)COc3ccccc3C(N)=O)C[C@H]2[C@@H]1c1ccccc1. The summed E-state index contributed by atoms with van der Waals surface area (Å²) in [7, 11) is 2.16. The number of primary amides is 1. The van der Waals surface area contributed by atoms with E-state index < -0.39 is 5.91 Å². The molecule has 146 valence electrons. The Morgan fingerprint density at radius 1 is 1.04 bits per heavy atom. The number of hydrogen-bond donors (Lipinski definition) is 1. The van der Waals surface area contributed by atoms with Crippen molar-refractivity contribution in [1.29, 1.82) is 0 Å². The number of carbonyl (C=O) groups is 2. The van der Waals surface area contributed by atoms with Gasteiger partial charge >= 0.3 is 0 Å². The number of ether oxygens (including phenoxy) is 1. The summed E-state index contributed by atoms with van der Waals surface area (Å²) in [5.41, 5.74) is 6.96. The lowest BCUT2D eigenvalue weighted by molar-refractivity contribution is -0.132. The smallest absolute Gasteiger partial charge is 0.260 e. The normalized spacial score (nSPS) is 24.2. The van der Waals surface area contributed by atoms with Crippen LogP contribution in [0, 0.1) is 11.8 Å². The number of nitrogens with zero attached hydrogens (tertiary/aromatic N) is 2. The lowest BCUT2D eigenvalue weighted by atomic mass is 9.90. The predicted molar refractivity (Wildman–Crippen MR) is 106 cm³/mol. The van der Waals surface area contributed by atoms with Gasteiger partial charge in [0.05, 0.1) is 5.56 Å². The fraction of sp³-hybridized carbons (Fsp3) is 0.364. The van der Waals surface area contributed by atoms with Crippen LogP contribution in [0.3, 0.4) is 0 Å². The van der Waals surface area contributed by atoms with Crippen molar-refractivity contribution in [3.8, 4) is 5.75 Å². The standard InChI is InChI=1S/C22H25N3O3/c1-24-11-16-12-25(13-18(16)21(24)15-7-3-2-4-8-15)20(26)14-28-19-10-6-5-9-17(19)22(23)27/h2-10,16,18,21H,11-14H2,1H3,(H2,23,27)/t16-,18+,21-/m0/s1. The zero-order valence-electron chi connectivity index (χ0n) is 16.0. The average molecular weight is 379 g/mol. The van der Waals surface area contributed by atoms with Gasteiger partial charge in [0.2, 0.25) is 0 Å². The van der Waals surface area contributed by atoms with Gasteiger partial charge in [-0.1, -0.05) is 42.5 Å². The molecule has 2 amide bonds. The van der Waals surface area contributed by atoms with E-state index in [1.54, 1.807) is 24.3 Å². The van der Waals surface area contributed by atoms with Crippen molar-refractivity contribution in [2.45, 2.75) is 6.04 Å². The highest BCUT2D eigenvalue weighted by Gasteiger charge is 2.47. The summed E-state index contributed by atoms with van der Waals surface area (Å²) < 4.78 is 5.62. The summed E-state index contributed by atoms with van der Waals surface area (Å²) in [5.74, 6) is 0.631. The molecule has 0 aliphatic carbocycles. The monoisotopic (exact) mass is 379 g/mol. The van der Waals surface area contributed by atoms with Crippen molar-refractivity contribution >= 4 is 11.8 Å². The highest BCUT2D eigenvalue weighted by molar-refractivity contribution is 5.95. The van der Waals surface area contributed by atoms with Crippen LogP contribution in [-0.4, -0.2) is 54.9 Å². The summed E-state index contributed by atoms with van der Waals surface area (Å²) in [5, 5.41) is 0. The topological polar surface area (TPSA) is 75.9 Å². The van der Waals surface area contributed by atoms with Crippen LogP contribution in [0.4, 0.5) is 0 Å². The molecule has 2 N–H and O–H groups in total. The van der Waals surface area contributed by atoms with Crippen LogP contribution >= 0.6 is 0 Å². The Morgan fingerprint density at radius 2 is 1.75 bits per heavy atom. The van der Waals surface area contributed by atoms with Gasteiger partial charge in [-0.15, -0.1) is 0 Å². The second-order valence-corrected chi connectivity index (χ2v) is 7.67. The number of nitrogens with two attached hydrogens (primary N) is 1. The van der Waals surface area contributed by atoms with Gasteiger partial charge in [-0.05, 0) is 30.7 Å². The largest absolute Gasteiger partial charge is 0.483 e. The first-order valence-corrected chi connectivity index (χ1v) is 9.59. The molecule has 6 heteroatoms. The molecular formula is C22H25N3O3. The van der Waals surface area contributed by atoms with E-state index in [9.17, 15) is 9.59 Å². The number of amides is 2. The van der Waals surface area contributed by atoms with Gasteiger partial charge in [0.25, 0.3) is 11.8 Å². The Labute approximate surface area is 164 Å². The van der Waals surface area contributed by atoms with E-state index in [-0.39, 0.29) is 12.5 Å². The van der Waals surface area contributed by atoms with Gasteiger partial charge < -0.3 is 15.4 Å². The minimum Gasteiger partial charge on any atom is -0.483 e. The van der Waals surface area contributed by atoms with E-state index in [0.717, 1.165) is 19.6 Å². The zero-order valence-corrected chi connectivity index (χ0v) is 16.0. The Morgan fingerprint density at radius 3 is 2.50 bits per heavy atom. The van der Waals surface area contributed by atoms with E-state index in [2.05, 4.69) is 36.2 Å². The molecule has 6 nitrogen and oxygen atoms in total. The fourth-order valence-electron chi connectivity index (χ4n) is 4.64. The highest BCUT2D eigenvalue weighted by atomic mass is 16.5. The molecule has 4 rings (SSSR count). The maximum Gasteiger partial charge on any atom is 0.260 e. The van der Waals surface area contributed by atoms with Crippen molar-refractivity contribution < 1.29 is 14.3 Å². The average Bonchev–Trinajstić information content (AvgIpc) is 3.23. The molecule has 2 aromatic carbocycles. The van der Waals surface area contributed by atoms with Gasteiger partial charge in [0, 0.05) is 31.6 Å². The maximum absolute atomic E-state index is 12.7. The number of fused-ring (bicyclic) bond motifs is 1. The van der Waals surface area contributed by atoms with Gasteiger partial charge in [0.1, 0.15) is 5.75 Å². The molecule has 0 bridgehead atoms. The van der Waals surface area contributed by atoms with E-state index >= 15 is 0 Å². The summed E-state index contributed by atoms with van der Waals surface area (Å²) in [6.45, 7) is 2.38. The highest BCUT2D eigenvalue weighted by Crippen LogP contribution is 2.43. The molecule has 0 radical (unpaired) electrons. The molecule has 3 atom stereocenters. The fourth-order valence-corrected chi connectivity index (χ4v) is 4.64. The minimum atomic E-state index is -0.563. The second kappa shape index (κ2) is 7.64. The molecular weight excluding hydrogens is 354 g/mol. The minimum absolute atomic E-state index is 0.0526. The Bertz CT molecular complexity index is 870. The van der Waals surface area contributed by atoms with E-state index in [1.807, 2.05) is 11.0 Å². The maximum atomic E-state index is 12.7. The molecule has 0 unspecified atom stereocenters. The molecule has 2 heterocycles. The Balaban J connectivity index is 1.41. The molecule has 0 spiro atoms. The van der Waals surface area contributed by atoms with Crippen LogP contribution in [0.25, 0.3) is 0 Å². The number of hydrogen-bond acceptors (Lipinski definition) is 4. The van der Waals surface area contributed by atoms with Crippen molar-refractivity contribution in [3.63, 3.8) is 0 Å². The first-order chi connectivity index (χ1) is 13.5. The molecule has 2 aromatic rings. The summed E-state index contributed by atoms with van der Waals surface area (Å²) >= 11 is 0. The van der Waals surface area contributed by atoms with Gasteiger partial charge in [-0.25, -0.2) is 0 Å². The van der Waals surface area contributed by atoms with Crippen LogP contribution in [0.15, 0.2) is 54.6 Å². The Kier molecular flexibility index (Phi) is 5.05. The number of para-hydroxylation sites is 1. The number of rotatable bonds is 5. The van der Waals surface area contributed by atoms with Crippen molar-refractivity contribution in [2.24, 2.45) is 17.6 Å². The number of carbonyl (C=O) groups excluding carboxylic acids is 2. The lowest BCUT2D eigenvalue weighted by Crippen LogP contribution is -2.36. The molecule has 2 aliphatic heterocycles. The lowest BCUT2D eigenvalue weighted by Gasteiger charge is -2.27. The summed E-state index contributed by atoms with van der Waals surface area (Å²) in [6.07, 6.45) is 0. The first-order valence-electron chi connectivity index (χ1n) is 9.59. The van der Waals surface area contributed by atoms with E-state index in [4.69, 9.17) is 10.5 Å². The third-order valence-corrected chi connectivity index (χ3v) is 5.89. The van der Waals surface area contributed by atoms with E-state index in [1.165, 1.54) is 5.56 Å². The third-order valence-electron chi connectivity index (χ3n) is 5.89. The van der Waals surface area contributed by atoms with Crippen LogP contribution in [0.1, 0.15) is 22.0 Å². The van der Waals surface area contributed by atoms with Crippen LogP contribution < -0.4 is 10.5 Å². The van der Waals surface area contributed by atoms with E-state index in [0.29, 0.717) is 29.2 Å². The van der Waals surface area contributed by atoms with Gasteiger partial charge in [-0.2, -0.15) is 0 Å². The van der Waals surface area contributed by atoms with Gasteiger partial charge in [-0.3, -0.25) is 14.5 Å². The van der Waals surface area contributed by atoms with Crippen LogP contribution in [0.2, 0.25) is 0 Å². The van der Waals surface area contributed by atoms with Crippen molar-refractivity contribution in [1.82, 2.24) is 9.80 Å². The summed E-state index contributed by atoms with van der Waals surface area (Å²) in [6, 6.07) is 17.6. The Hall–Kier alpha value is -2.86. The molecule has 28 heavy (non-hydrogen) atoms. The predicted octanol–water partition coefficient (Wildman–Crippen LogP) is 1.93. The quantitative estimate of drug-likeness (QED) is 0.861. The van der Waals surface area contributed by atoms with Crippen LogP contribution in [0.5, 0.6) is 5.75 Å². The molecule has 0 saturated carbocycles.